The number of para-hydroxylation sites is 1. The predicted octanol–water partition coefficient (Wildman–Crippen LogP) is 4.69. The molecule has 2 aromatic carbocycles. The Morgan fingerprint density at radius 1 is 1.04 bits per heavy atom. The van der Waals surface area contributed by atoms with Crippen LogP contribution < -0.4 is 0 Å². The van der Waals surface area contributed by atoms with Gasteiger partial charge in [-0.1, -0.05) is 41.6 Å². The maximum absolute atomic E-state index is 5.62. The van der Waals surface area contributed by atoms with Crippen LogP contribution in [-0.2, 0) is 6.42 Å². The van der Waals surface area contributed by atoms with Crippen LogP contribution in [0, 0.1) is 0 Å². The summed E-state index contributed by atoms with van der Waals surface area (Å²) in [5, 5.41) is 5.45. The van der Waals surface area contributed by atoms with Gasteiger partial charge in [-0.15, -0.1) is 0 Å². The second-order valence-electron chi connectivity index (χ2n) is 6.35. The van der Waals surface area contributed by atoms with Crippen molar-refractivity contribution < 1.29 is 4.52 Å². The van der Waals surface area contributed by atoms with Crippen LogP contribution >= 0.6 is 0 Å². The van der Waals surface area contributed by atoms with E-state index in [9.17, 15) is 0 Å². The van der Waals surface area contributed by atoms with Crippen molar-refractivity contribution in [3.8, 4) is 11.5 Å². The molecule has 1 atom stereocenters. The molecule has 1 N–H and O–H groups in total. The molecule has 24 heavy (non-hydrogen) atoms. The van der Waals surface area contributed by atoms with E-state index in [4.69, 9.17) is 9.51 Å². The summed E-state index contributed by atoms with van der Waals surface area (Å²) >= 11 is 0. The number of hydrogen-bond donors (Lipinski definition) is 1. The van der Waals surface area contributed by atoms with E-state index in [1.54, 1.807) is 0 Å². The molecule has 0 spiro atoms. The number of hydrogen-bond acceptors (Lipinski definition) is 3. The zero-order valence-corrected chi connectivity index (χ0v) is 13.2. The number of aromatic amines is 1. The molecular weight excluding hydrogens is 298 g/mol. The van der Waals surface area contributed by atoms with Crippen LogP contribution in [0.1, 0.15) is 35.7 Å². The second kappa shape index (κ2) is 5.34. The van der Waals surface area contributed by atoms with Gasteiger partial charge in [0.05, 0.1) is 11.1 Å². The van der Waals surface area contributed by atoms with Crippen molar-refractivity contribution in [3.05, 3.63) is 71.7 Å². The largest absolute Gasteiger partial charge is 0.361 e. The molecule has 4 nitrogen and oxygen atoms in total. The van der Waals surface area contributed by atoms with E-state index in [2.05, 4.69) is 40.5 Å². The molecule has 118 valence electrons. The lowest BCUT2D eigenvalue weighted by molar-refractivity contribution is 0.415. The van der Waals surface area contributed by atoms with Gasteiger partial charge in [0.25, 0.3) is 5.89 Å². The summed E-state index contributed by atoms with van der Waals surface area (Å²) in [6.07, 6.45) is 5.31. The van der Waals surface area contributed by atoms with Crippen molar-refractivity contribution in [2.75, 3.05) is 0 Å². The number of benzene rings is 2. The van der Waals surface area contributed by atoms with Crippen LogP contribution in [0.5, 0.6) is 0 Å². The Hall–Kier alpha value is -2.88. The van der Waals surface area contributed by atoms with E-state index in [1.165, 1.54) is 11.1 Å². The minimum atomic E-state index is 0.232. The molecule has 4 heteroatoms. The second-order valence-corrected chi connectivity index (χ2v) is 6.35. The molecule has 5 rings (SSSR count). The Morgan fingerprint density at radius 2 is 2.00 bits per heavy atom. The zero-order chi connectivity index (χ0) is 15.9. The van der Waals surface area contributed by atoms with Gasteiger partial charge in [0, 0.05) is 17.5 Å². The van der Waals surface area contributed by atoms with Crippen molar-refractivity contribution in [1.82, 2.24) is 15.1 Å². The lowest BCUT2D eigenvalue weighted by Gasteiger charge is -2.22. The Labute approximate surface area is 139 Å². The van der Waals surface area contributed by atoms with Crippen molar-refractivity contribution in [2.45, 2.75) is 25.2 Å². The first-order chi connectivity index (χ1) is 11.9. The molecule has 0 unspecified atom stereocenters. The third-order valence-corrected chi connectivity index (χ3v) is 4.94. The molecule has 0 radical (unpaired) electrons. The van der Waals surface area contributed by atoms with Crippen molar-refractivity contribution in [2.24, 2.45) is 0 Å². The summed E-state index contributed by atoms with van der Waals surface area (Å²) in [4.78, 5) is 8.00. The van der Waals surface area contributed by atoms with Gasteiger partial charge in [-0.3, -0.25) is 0 Å². The average Bonchev–Trinajstić information content (AvgIpc) is 3.30. The predicted molar refractivity (Wildman–Crippen MR) is 92.8 cm³/mol. The van der Waals surface area contributed by atoms with E-state index < -0.39 is 0 Å². The fourth-order valence-electron chi connectivity index (χ4n) is 3.77. The van der Waals surface area contributed by atoms with Crippen molar-refractivity contribution in [1.29, 1.82) is 0 Å². The average molecular weight is 315 g/mol. The monoisotopic (exact) mass is 315 g/mol. The Balaban J connectivity index is 1.58. The Morgan fingerprint density at radius 3 is 3.00 bits per heavy atom. The van der Waals surface area contributed by atoms with Crippen LogP contribution in [-0.4, -0.2) is 15.1 Å². The van der Waals surface area contributed by atoms with Crippen LogP contribution in [0.25, 0.3) is 22.4 Å². The van der Waals surface area contributed by atoms with Crippen LogP contribution in [0.4, 0.5) is 0 Å². The van der Waals surface area contributed by atoms with Crippen molar-refractivity contribution in [3.63, 3.8) is 0 Å². The number of rotatable bonds is 2. The molecule has 0 amide bonds. The van der Waals surface area contributed by atoms with Gasteiger partial charge in [0.15, 0.2) is 5.82 Å². The first kappa shape index (κ1) is 13.5. The number of aryl methyl sites for hydroxylation is 1. The maximum Gasteiger partial charge on any atom is 0.260 e. The van der Waals surface area contributed by atoms with E-state index in [0.717, 1.165) is 41.6 Å². The molecule has 1 aliphatic carbocycles. The topological polar surface area (TPSA) is 54.7 Å². The summed E-state index contributed by atoms with van der Waals surface area (Å²) in [6, 6.07) is 16.8. The summed E-state index contributed by atoms with van der Waals surface area (Å²) in [5.74, 6) is 1.61. The van der Waals surface area contributed by atoms with Gasteiger partial charge in [-0.25, -0.2) is 0 Å². The van der Waals surface area contributed by atoms with E-state index in [-0.39, 0.29) is 5.92 Å². The summed E-state index contributed by atoms with van der Waals surface area (Å²) in [7, 11) is 0. The number of aromatic nitrogens is 3. The lowest BCUT2D eigenvalue weighted by atomic mass is 9.82. The molecule has 0 saturated carbocycles. The summed E-state index contributed by atoms with van der Waals surface area (Å²) < 4.78 is 5.62. The minimum Gasteiger partial charge on any atom is -0.361 e. The van der Waals surface area contributed by atoms with Crippen LogP contribution in [0.3, 0.4) is 0 Å². The quantitative estimate of drug-likeness (QED) is 0.584. The maximum atomic E-state index is 5.62. The van der Waals surface area contributed by atoms with Crippen LogP contribution in [0.2, 0.25) is 0 Å². The third kappa shape index (κ3) is 2.07. The highest BCUT2D eigenvalue weighted by Gasteiger charge is 2.26. The van der Waals surface area contributed by atoms with Gasteiger partial charge in [-0.2, -0.15) is 4.98 Å². The van der Waals surface area contributed by atoms with Gasteiger partial charge in [0.2, 0.25) is 0 Å². The number of nitrogens with one attached hydrogen (secondary N) is 1. The number of fused-ring (bicyclic) bond motifs is 2. The van der Waals surface area contributed by atoms with Gasteiger partial charge < -0.3 is 9.51 Å². The molecular formula is C20H17N3O. The Bertz CT molecular complexity index is 1010. The fraction of sp³-hybridized carbons (Fsp3) is 0.200. The normalized spacial score (nSPS) is 17.1. The lowest BCUT2D eigenvalue weighted by Crippen LogP contribution is -2.12. The Kier molecular flexibility index (Phi) is 3.01. The zero-order valence-electron chi connectivity index (χ0n) is 13.2. The number of H-pyrrole nitrogens is 1. The van der Waals surface area contributed by atoms with E-state index in [0.29, 0.717) is 5.89 Å². The summed E-state index contributed by atoms with van der Waals surface area (Å²) in [6.45, 7) is 0. The molecule has 2 heterocycles. The number of nitrogens with zero attached hydrogens (tertiary/aromatic N) is 2. The SMILES string of the molecule is c1ccc2c(c1)CCC[C@@H]2c1noc(-c2cccc3cc[nH]c23)n1. The standard InChI is InChI=1S/C20H17N3O/c1-2-8-15-13(5-1)6-3-9-16(15)19-22-20(24-23-19)17-10-4-7-14-11-12-21-18(14)17/h1-2,4-5,7-8,10-12,16,21H,3,6,9H2/t16-/m0/s1. The molecule has 0 bridgehead atoms. The third-order valence-electron chi connectivity index (χ3n) is 4.94. The molecule has 1 aliphatic rings. The molecule has 4 aromatic rings. The molecule has 0 aliphatic heterocycles. The smallest absolute Gasteiger partial charge is 0.260 e. The first-order valence-corrected chi connectivity index (χ1v) is 8.38. The molecule has 2 aromatic heterocycles. The summed E-state index contributed by atoms with van der Waals surface area (Å²) in [5.41, 5.74) is 4.75. The van der Waals surface area contributed by atoms with Crippen molar-refractivity contribution >= 4 is 10.9 Å². The highest BCUT2D eigenvalue weighted by atomic mass is 16.5. The first-order valence-electron chi connectivity index (χ1n) is 8.38. The van der Waals surface area contributed by atoms with Gasteiger partial charge in [-0.05, 0) is 42.5 Å². The van der Waals surface area contributed by atoms with Gasteiger partial charge >= 0.3 is 0 Å². The minimum absolute atomic E-state index is 0.232. The van der Waals surface area contributed by atoms with E-state index >= 15 is 0 Å². The van der Waals surface area contributed by atoms with E-state index in [1.807, 2.05) is 24.4 Å². The molecule has 0 saturated heterocycles. The highest BCUT2D eigenvalue weighted by Crippen LogP contribution is 2.36. The van der Waals surface area contributed by atoms with Gasteiger partial charge in [0.1, 0.15) is 0 Å². The highest BCUT2D eigenvalue weighted by molar-refractivity contribution is 5.91. The van der Waals surface area contributed by atoms with Crippen LogP contribution in [0.15, 0.2) is 59.3 Å². The fourth-order valence-corrected chi connectivity index (χ4v) is 3.77. The molecule has 0 fully saturated rings.